The van der Waals surface area contributed by atoms with Gasteiger partial charge in [0.1, 0.15) is 0 Å². The number of rotatable bonds is 3. The van der Waals surface area contributed by atoms with Gasteiger partial charge in [0, 0.05) is 23.0 Å². The molecule has 0 aliphatic heterocycles. The SMILES string of the molecule is CN(Cc1ccc2cc(Cl)ccc2n1)C1C[C@H]2CC(O)C[C@H]2C1. The van der Waals surface area contributed by atoms with E-state index in [0.717, 1.165) is 52.8 Å². The number of fused-ring (bicyclic) bond motifs is 2. The Morgan fingerprint density at radius 1 is 1.13 bits per heavy atom. The summed E-state index contributed by atoms with van der Waals surface area (Å²) in [6, 6.07) is 10.7. The van der Waals surface area contributed by atoms with Crippen molar-refractivity contribution in [1.29, 1.82) is 0 Å². The van der Waals surface area contributed by atoms with Crippen molar-refractivity contribution in [2.24, 2.45) is 11.8 Å². The lowest BCUT2D eigenvalue weighted by Crippen LogP contribution is -2.30. The molecule has 0 amide bonds. The minimum atomic E-state index is -0.0507. The van der Waals surface area contributed by atoms with Crippen LogP contribution in [0, 0.1) is 11.8 Å². The molecular formula is C19H23ClN2O. The number of aliphatic hydroxyl groups is 1. The Morgan fingerprint density at radius 3 is 2.61 bits per heavy atom. The van der Waals surface area contributed by atoms with Crippen LogP contribution in [0.2, 0.25) is 5.02 Å². The van der Waals surface area contributed by atoms with Gasteiger partial charge in [-0.25, -0.2) is 0 Å². The van der Waals surface area contributed by atoms with Crippen LogP contribution in [0.25, 0.3) is 10.9 Å². The van der Waals surface area contributed by atoms with Gasteiger partial charge in [-0.3, -0.25) is 9.88 Å². The maximum Gasteiger partial charge on any atom is 0.0706 e. The predicted octanol–water partition coefficient (Wildman–Crippen LogP) is 3.87. The van der Waals surface area contributed by atoms with Gasteiger partial charge in [0.05, 0.1) is 17.3 Å². The van der Waals surface area contributed by atoms with Crippen LogP contribution in [0.4, 0.5) is 0 Å². The van der Waals surface area contributed by atoms with Gasteiger partial charge in [0.2, 0.25) is 0 Å². The molecule has 4 heteroatoms. The summed E-state index contributed by atoms with van der Waals surface area (Å²) in [4.78, 5) is 7.21. The molecule has 2 fully saturated rings. The Balaban J connectivity index is 1.45. The van der Waals surface area contributed by atoms with Crippen molar-refractivity contribution in [2.45, 2.75) is 44.4 Å². The van der Waals surface area contributed by atoms with Crippen LogP contribution in [0.5, 0.6) is 0 Å². The third-order valence-electron chi connectivity index (χ3n) is 5.71. The molecule has 4 rings (SSSR count). The first-order valence-corrected chi connectivity index (χ1v) is 8.90. The molecule has 4 atom stereocenters. The number of hydrogen-bond acceptors (Lipinski definition) is 3. The summed E-state index contributed by atoms with van der Waals surface area (Å²) in [7, 11) is 2.20. The zero-order chi connectivity index (χ0) is 16.0. The average molecular weight is 331 g/mol. The highest BCUT2D eigenvalue weighted by molar-refractivity contribution is 6.31. The van der Waals surface area contributed by atoms with Crippen molar-refractivity contribution >= 4 is 22.5 Å². The second-order valence-corrected chi connectivity index (χ2v) is 7.76. The van der Waals surface area contributed by atoms with Crippen LogP contribution in [-0.4, -0.2) is 34.2 Å². The Labute approximate surface area is 142 Å². The summed E-state index contributed by atoms with van der Waals surface area (Å²) in [5.74, 6) is 1.45. The number of hydrogen-bond donors (Lipinski definition) is 1. The number of halogens is 1. The number of aliphatic hydroxyl groups excluding tert-OH is 1. The first-order valence-electron chi connectivity index (χ1n) is 8.52. The molecule has 23 heavy (non-hydrogen) atoms. The normalized spacial score (nSPS) is 30.3. The van der Waals surface area contributed by atoms with Crippen LogP contribution in [-0.2, 0) is 6.54 Å². The Kier molecular flexibility index (Phi) is 4.04. The third-order valence-corrected chi connectivity index (χ3v) is 5.94. The number of aromatic nitrogens is 1. The van der Waals surface area contributed by atoms with Crippen molar-refractivity contribution < 1.29 is 5.11 Å². The van der Waals surface area contributed by atoms with Gasteiger partial charge in [-0.15, -0.1) is 0 Å². The molecular weight excluding hydrogens is 308 g/mol. The monoisotopic (exact) mass is 330 g/mol. The lowest BCUT2D eigenvalue weighted by atomic mass is 10.0. The molecule has 1 heterocycles. The summed E-state index contributed by atoms with van der Waals surface area (Å²) < 4.78 is 0. The zero-order valence-corrected chi connectivity index (χ0v) is 14.2. The smallest absolute Gasteiger partial charge is 0.0706 e. The van der Waals surface area contributed by atoms with Crippen LogP contribution in [0.15, 0.2) is 30.3 Å². The van der Waals surface area contributed by atoms with Crippen LogP contribution < -0.4 is 0 Å². The fourth-order valence-corrected chi connectivity index (χ4v) is 4.70. The van der Waals surface area contributed by atoms with E-state index in [1.54, 1.807) is 0 Å². The summed E-state index contributed by atoms with van der Waals surface area (Å²) in [5.41, 5.74) is 2.12. The maximum atomic E-state index is 9.78. The van der Waals surface area contributed by atoms with Crippen molar-refractivity contribution in [3.63, 3.8) is 0 Å². The molecule has 0 bridgehead atoms. The van der Waals surface area contributed by atoms with E-state index in [1.165, 1.54) is 12.8 Å². The molecule has 2 aliphatic carbocycles. The Hall–Kier alpha value is -1.16. The minimum absolute atomic E-state index is 0.0507. The third kappa shape index (κ3) is 3.10. The average Bonchev–Trinajstić information content (AvgIpc) is 3.04. The number of pyridine rings is 1. The second-order valence-electron chi connectivity index (χ2n) is 7.33. The highest BCUT2D eigenvalue weighted by Gasteiger charge is 2.42. The molecule has 0 spiro atoms. The zero-order valence-electron chi connectivity index (χ0n) is 13.5. The number of nitrogens with zero attached hydrogens (tertiary/aromatic N) is 2. The molecule has 3 nitrogen and oxygen atoms in total. The molecule has 2 aliphatic rings. The van der Waals surface area contributed by atoms with Gasteiger partial charge < -0.3 is 5.11 Å². The van der Waals surface area contributed by atoms with E-state index >= 15 is 0 Å². The van der Waals surface area contributed by atoms with Crippen LogP contribution in [0.3, 0.4) is 0 Å². The summed E-state index contributed by atoms with van der Waals surface area (Å²) in [6.45, 7) is 0.880. The molecule has 1 aromatic carbocycles. The van der Waals surface area contributed by atoms with E-state index in [4.69, 9.17) is 16.6 Å². The molecule has 1 aromatic heterocycles. The van der Waals surface area contributed by atoms with Gasteiger partial charge in [0.25, 0.3) is 0 Å². The van der Waals surface area contributed by atoms with E-state index in [2.05, 4.69) is 24.1 Å². The van der Waals surface area contributed by atoms with E-state index in [-0.39, 0.29) is 6.10 Å². The molecule has 1 N–H and O–H groups in total. The summed E-state index contributed by atoms with van der Waals surface area (Å²) >= 11 is 6.03. The van der Waals surface area contributed by atoms with E-state index < -0.39 is 0 Å². The molecule has 0 radical (unpaired) electrons. The van der Waals surface area contributed by atoms with Crippen molar-refractivity contribution in [3.8, 4) is 0 Å². The van der Waals surface area contributed by atoms with E-state index in [0.29, 0.717) is 6.04 Å². The van der Waals surface area contributed by atoms with E-state index in [9.17, 15) is 5.11 Å². The minimum Gasteiger partial charge on any atom is -0.393 e. The van der Waals surface area contributed by atoms with Gasteiger partial charge >= 0.3 is 0 Å². The summed E-state index contributed by atoms with van der Waals surface area (Å²) in [5, 5.41) is 11.6. The standard InChI is InChI=1S/C19H23ClN2O/c1-22(17-7-13-9-18(23)10-14(13)8-17)11-16-4-2-12-6-15(20)3-5-19(12)21-16/h2-6,13-14,17-18,23H,7-11H2,1H3/t13-,14+,17?,18?. The van der Waals surface area contributed by atoms with Gasteiger partial charge in [-0.1, -0.05) is 17.7 Å². The quantitative estimate of drug-likeness (QED) is 0.928. The van der Waals surface area contributed by atoms with Crippen molar-refractivity contribution in [2.75, 3.05) is 7.05 Å². The number of benzene rings is 1. The maximum absolute atomic E-state index is 9.78. The molecule has 0 saturated heterocycles. The highest BCUT2D eigenvalue weighted by Crippen LogP contribution is 2.45. The molecule has 122 valence electrons. The van der Waals surface area contributed by atoms with Crippen LogP contribution >= 0.6 is 11.6 Å². The summed E-state index contributed by atoms with van der Waals surface area (Å²) in [6.07, 6.45) is 4.40. The van der Waals surface area contributed by atoms with Crippen LogP contribution in [0.1, 0.15) is 31.4 Å². The fraction of sp³-hybridized carbons (Fsp3) is 0.526. The first kappa shape index (κ1) is 15.4. The lowest BCUT2D eigenvalue weighted by molar-refractivity contribution is 0.158. The Bertz CT molecular complexity index is 706. The fourth-order valence-electron chi connectivity index (χ4n) is 4.52. The van der Waals surface area contributed by atoms with Crippen molar-refractivity contribution in [3.05, 3.63) is 41.0 Å². The van der Waals surface area contributed by atoms with Gasteiger partial charge in [-0.05, 0) is 68.8 Å². The largest absolute Gasteiger partial charge is 0.393 e. The predicted molar refractivity (Wildman–Crippen MR) is 93.5 cm³/mol. The molecule has 2 saturated carbocycles. The second kappa shape index (κ2) is 6.04. The highest BCUT2D eigenvalue weighted by atomic mass is 35.5. The van der Waals surface area contributed by atoms with E-state index in [1.807, 2.05) is 18.2 Å². The van der Waals surface area contributed by atoms with Crippen molar-refractivity contribution in [1.82, 2.24) is 9.88 Å². The topological polar surface area (TPSA) is 36.4 Å². The van der Waals surface area contributed by atoms with Gasteiger partial charge in [-0.2, -0.15) is 0 Å². The Morgan fingerprint density at radius 2 is 1.87 bits per heavy atom. The molecule has 2 aromatic rings. The first-order chi connectivity index (χ1) is 11.1. The lowest BCUT2D eigenvalue weighted by Gasteiger charge is -2.25. The molecule has 2 unspecified atom stereocenters. The van der Waals surface area contributed by atoms with Gasteiger partial charge in [0.15, 0.2) is 0 Å².